The molecule has 2 N–H and O–H groups in total. The molecule has 0 aromatic carbocycles. The summed E-state index contributed by atoms with van der Waals surface area (Å²) in [5, 5.41) is 6.50. The minimum atomic E-state index is -0.749. The first-order chi connectivity index (χ1) is 13.9. The fourth-order valence-corrected chi connectivity index (χ4v) is 6.64. The molecule has 164 valence electrons. The predicted molar refractivity (Wildman–Crippen MR) is 105 cm³/mol. The zero-order valence-electron chi connectivity index (χ0n) is 17.9. The van der Waals surface area contributed by atoms with Gasteiger partial charge in [-0.15, -0.1) is 0 Å². The predicted octanol–water partition coefficient (Wildman–Crippen LogP) is 2.35. The quantitative estimate of drug-likeness (QED) is 0.698. The standard InChI is InChI=1S/C22H36N2O5/c1-13-4-5-17-14(2)18(12-24-19(25)15-7-10-23-11-8-15)26-20-22(17)16(13)6-9-21(3,27-20)28-29-22/h13-18,20,23H,4-12H2,1-3H3,(H,24,25)/t13-,14-,16+,17+,18-,20-,21-,22-/m1/s1. The van der Waals surface area contributed by atoms with E-state index >= 15 is 0 Å². The molecule has 0 aromatic heterocycles. The maximum Gasteiger partial charge on any atom is 0.223 e. The highest BCUT2D eigenvalue weighted by Crippen LogP contribution is 2.60. The molecule has 29 heavy (non-hydrogen) atoms. The molecule has 5 heterocycles. The summed E-state index contributed by atoms with van der Waals surface area (Å²) in [6.07, 6.45) is 5.46. The SMILES string of the molecule is C[C@H]1[C@@H](CNC(=O)C2CCNCC2)O[C@@H]2O[C@@]3(C)CC[C@H]4[C@H](C)CC[C@@H]1[C@@]24OO3. The molecule has 1 spiro atoms. The molecule has 6 fully saturated rings. The summed E-state index contributed by atoms with van der Waals surface area (Å²) >= 11 is 0. The smallest absolute Gasteiger partial charge is 0.223 e. The fourth-order valence-electron chi connectivity index (χ4n) is 6.64. The number of amides is 1. The van der Waals surface area contributed by atoms with Crippen molar-refractivity contribution in [1.29, 1.82) is 0 Å². The Labute approximate surface area is 173 Å². The third-order valence-electron chi connectivity index (χ3n) is 8.48. The van der Waals surface area contributed by atoms with Gasteiger partial charge in [-0.1, -0.05) is 13.8 Å². The average Bonchev–Trinajstić information content (AvgIpc) is 2.96. The first-order valence-electron chi connectivity index (χ1n) is 11.6. The van der Waals surface area contributed by atoms with Crippen molar-refractivity contribution in [2.24, 2.45) is 29.6 Å². The molecule has 7 heteroatoms. The second-order valence-electron chi connectivity index (χ2n) is 10.2. The number of hydrogen-bond donors (Lipinski definition) is 2. The van der Waals surface area contributed by atoms with Crippen LogP contribution < -0.4 is 10.6 Å². The van der Waals surface area contributed by atoms with Crippen LogP contribution in [0.2, 0.25) is 0 Å². The number of nitrogens with one attached hydrogen (secondary N) is 2. The summed E-state index contributed by atoms with van der Waals surface area (Å²) in [4.78, 5) is 24.7. The molecule has 5 saturated heterocycles. The van der Waals surface area contributed by atoms with E-state index in [0.717, 1.165) is 45.2 Å². The number of ether oxygens (including phenoxy) is 2. The Morgan fingerprint density at radius 2 is 1.86 bits per heavy atom. The van der Waals surface area contributed by atoms with Crippen LogP contribution in [0, 0.1) is 29.6 Å². The highest BCUT2D eigenvalue weighted by atomic mass is 17.3. The lowest BCUT2D eigenvalue weighted by Gasteiger charge is -2.60. The van der Waals surface area contributed by atoms with Crippen molar-refractivity contribution in [3.63, 3.8) is 0 Å². The zero-order valence-corrected chi connectivity index (χ0v) is 17.9. The van der Waals surface area contributed by atoms with Crippen LogP contribution in [0.15, 0.2) is 0 Å². The van der Waals surface area contributed by atoms with E-state index in [1.807, 2.05) is 6.92 Å². The summed E-state index contributed by atoms with van der Waals surface area (Å²) in [7, 11) is 0. The largest absolute Gasteiger partial charge is 0.353 e. The minimum Gasteiger partial charge on any atom is -0.353 e. The van der Waals surface area contributed by atoms with Gasteiger partial charge in [-0.25, -0.2) is 9.78 Å². The number of piperidine rings is 1. The fraction of sp³-hybridized carbons (Fsp3) is 0.955. The Kier molecular flexibility index (Phi) is 5.18. The van der Waals surface area contributed by atoms with E-state index in [-0.39, 0.29) is 23.8 Å². The van der Waals surface area contributed by atoms with Gasteiger partial charge in [0.25, 0.3) is 0 Å². The molecule has 6 aliphatic rings. The highest BCUT2D eigenvalue weighted by Gasteiger charge is 2.69. The zero-order chi connectivity index (χ0) is 20.2. The van der Waals surface area contributed by atoms with Gasteiger partial charge in [0.1, 0.15) is 0 Å². The Morgan fingerprint density at radius 1 is 1.07 bits per heavy atom. The van der Waals surface area contributed by atoms with Crippen LogP contribution in [0.25, 0.3) is 0 Å². The lowest BCUT2D eigenvalue weighted by Crippen LogP contribution is -2.71. The summed E-state index contributed by atoms with van der Waals surface area (Å²) in [5.74, 6) is 1.04. The summed E-state index contributed by atoms with van der Waals surface area (Å²) in [6, 6.07) is 0. The molecule has 7 nitrogen and oxygen atoms in total. The van der Waals surface area contributed by atoms with E-state index in [1.54, 1.807) is 0 Å². The Hall–Kier alpha value is -0.730. The molecule has 0 unspecified atom stereocenters. The minimum absolute atomic E-state index is 0.0677. The van der Waals surface area contributed by atoms with Gasteiger partial charge in [0.2, 0.25) is 11.7 Å². The van der Waals surface area contributed by atoms with Gasteiger partial charge in [-0.2, -0.15) is 0 Å². The van der Waals surface area contributed by atoms with Crippen molar-refractivity contribution in [3.05, 3.63) is 0 Å². The summed E-state index contributed by atoms with van der Waals surface area (Å²) < 4.78 is 12.9. The van der Waals surface area contributed by atoms with Gasteiger partial charge in [-0.05, 0) is 69.9 Å². The summed E-state index contributed by atoms with van der Waals surface area (Å²) in [5.41, 5.74) is -0.525. The number of fused-ring (bicyclic) bond motifs is 2. The van der Waals surface area contributed by atoms with Crippen molar-refractivity contribution in [2.45, 2.75) is 83.1 Å². The molecule has 0 aromatic rings. The molecule has 8 atom stereocenters. The second-order valence-corrected chi connectivity index (χ2v) is 10.2. The van der Waals surface area contributed by atoms with E-state index in [4.69, 9.17) is 19.2 Å². The molecule has 1 aliphatic carbocycles. The Bertz CT molecular complexity index is 641. The lowest BCUT2D eigenvalue weighted by molar-refractivity contribution is -0.570. The monoisotopic (exact) mass is 408 g/mol. The second kappa shape index (κ2) is 7.45. The molecule has 2 bridgehead atoms. The Morgan fingerprint density at radius 3 is 2.66 bits per heavy atom. The molecular weight excluding hydrogens is 372 g/mol. The normalized spacial score (nSPS) is 49.9. The van der Waals surface area contributed by atoms with E-state index in [1.165, 1.54) is 6.42 Å². The van der Waals surface area contributed by atoms with Gasteiger partial charge in [-0.3, -0.25) is 4.79 Å². The van der Waals surface area contributed by atoms with Crippen LogP contribution >= 0.6 is 0 Å². The molecule has 1 amide bonds. The van der Waals surface area contributed by atoms with Gasteiger partial charge in [0.15, 0.2) is 11.9 Å². The maximum atomic E-state index is 12.6. The number of hydrogen-bond acceptors (Lipinski definition) is 6. The van der Waals surface area contributed by atoms with Gasteiger partial charge in [0.05, 0.1) is 6.10 Å². The third kappa shape index (κ3) is 3.24. The van der Waals surface area contributed by atoms with Crippen LogP contribution in [-0.4, -0.2) is 49.3 Å². The van der Waals surface area contributed by atoms with Crippen molar-refractivity contribution in [2.75, 3.05) is 19.6 Å². The summed E-state index contributed by atoms with van der Waals surface area (Å²) in [6.45, 7) is 8.90. The van der Waals surface area contributed by atoms with Gasteiger partial charge < -0.3 is 20.1 Å². The van der Waals surface area contributed by atoms with Crippen LogP contribution in [0.1, 0.15) is 59.3 Å². The van der Waals surface area contributed by atoms with E-state index in [2.05, 4.69) is 24.5 Å². The highest BCUT2D eigenvalue weighted by molar-refractivity contribution is 5.78. The van der Waals surface area contributed by atoms with Crippen molar-refractivity contribution in [3.8, 4) is 0 Å². The van der Waals surface area contributed by atoms with E-state index < -0.39 is 17.7 Å². The molecule has 5 aliphatic heterocycles. The van der Waals surface area contributed by atoms with Crippen molar-refractivity contribution in [1.82, 2.24) is 10.6 Å². The third-order valence-corrected chi connectivity index (χ3v) is 8.48. The van der Waals surface area contributed by atoms with Crippen molar-refractivity contribution < 1.29 is 24.0 Å². The maximum absolute atomic E-state index is 12.6. The molecule has 0 radical (unpaired) electrons. The van der Waals surface area contributed by atoms with E-state index in [9.17, 15) is 4.79 Å². The number of carbonyl (C=O) groups is 1. The number of rotatable bonds is 3. The van der Waals surface area contributed by atoms with Gasteiger partial charge in [0, 0.05) is 24.8 Å². The Balaban J connectivity index is 1.34. The van der Waals surface area contributed by atoms with Crippen LogP contribution in [0.5, 0.6) is 0 Å². The first-order valence-corrected chi connectivity index (χ1v) is 11.6. The average molecular weight is 409 g/mol. The van der Waals surface area contributed by atoms with Crippen LogP contribution in [-0.2, 0) is 24.0 Å². The van der Waals surface area contributed by atoms with E-state index in [0.29, 0.717) is 24.3 Å². The van der Waals surface area contributed by atoms with Crippen molar-refractivity contribution >= 4 is 5.91 Å². The molecule has 1 saturated carbocycles. The first kappa shape index (κ1) is 20.2. The van der Waals surface area contributed by atoms with Crippen LogP contribution in [0.3, 0.4) is 0 Å². The molecule has 6 rings (SSSR count). The topological polar surface area (TPSA) is 78.1 Å². The lowest BCUT2D eigenvalue weighted by atomic mass is 9.57. The van der Waals surface area contributed by atoms with Crippen LogP contribution in [0.4, 0.5) is 0 Å². The number of carbonyl (C=O) groups excluding carboxylic acids is 1. The molecular formula is C22H36N2O5. The van der Waals surface area contributed by atoms with Gasteiger partial charge >= 0.3 is 0 Å².